The maximum Gasteiger partial charge on any atom is 0.314 e. The lowest BCUT2D eigenvalue weighted by molar-refractivity contribution is -0.145. The van der Waals surface area contributed by atoms with E-state index in [4.69, 9.17) is 0 Å². The summed E-state index contributed by atoms with van der Waals surface area (Å²) in [7, 11) is 0. The molecule has 4 heteroatoms. The Morgan fingerprint density at radius 2 is 2.25 bits per heavy atom. The molecule has 16 heavy (non-hydrogen) atoms. The fourth-order valence-corrected chi connectivity index (χ4v) is 3.17. The van der Waals surface area contributed by atoms with Crippen molar-refractivity contribution in [2.75, 3.05) is 19.6 Å². The number of carboxylic acid groups (broad SMARTS) is 1. The molecule has 0 atom stereocenters. The number of aliphatic carboxylic acids is 1. The lowest BCUT2D eigenvalue weighted by Gasteiger charge is -2.38. The highest BCUT2D eigenvalue weighted by atomic mass is 32.1. The number of nitrogens with zero attached hydrogens (tertiary/aromatic N) is 1. The second kappa shape index (κ2) is 4.55. The van der Waals surface area contributed by atoms with E-state index in [0.29, 0.717) is 0 Å². The number of hydrogen-bond acceptors (Lipinski definition) is 3. The van der Waals surface area contributed by atoms with Crippen LogP contribution in [-0.4, -0.2) is 35.6 Å². The predicted octanol–water partition coefficient (Wildman–Crippen LogP) is 2.19. The molecule has 0 amide bonds. The van der Waals surface area contributed by atoms with Crippen LogP contribution in [0.1, 0.15) is 25.3 Å². The molecule has 1 aromatic heterocycles. The third-order valence-electron chi connectivity index (χ3n) is 3.64. The van der Waals surface area contributed by atoms with Gasteiger partial charge in [-0.15, -0.1) is 0 Å². The summed E-state index contributed by atoms with van der Waals surface area (Å²) in [6.07, 6.45) is 1.46. The Kier molecular flexibility index (Phi) is 3.30. The molecule has 3 nitrogen and oxygen atoms in total. The molecule has 1 fully saturated rings. The maximum atomic E-state index is 11.6. The molecule has 0 bridgehead atoms. The average molecular weight is 239 g/mol. The van der Waals surface area contributed by atoms with E-state index in [1.165, 1.54) is 0 Å². The van der Waals surface area contributed by atoms with E-state index in [9.17, 15) is 9.90 Å². The number of likely N-dealkylation sites (tertiary alicyclic amines) is 1. The lowest BCUT2D eigenvalue weighted by atomic mass is 9.74. The van der Waals surface area contributed by atoms with Crippen molar-refractivity contribution in [3.63, 3.8) is 0 Å². The Labute approximate surface area is 99.7 Å². The van der Waals surface area contributed by atoms with Crippen molar-refractivity contribution < 1.29 is 9.90 Å². The SMILES string of the molecule is CCN1CCC(C(=O)O)(c2ccsc2)CC1. The number of piperidine rings is 1. The highest BCUT2D eigenvalue weighted by Gasteiger charge is 2.42. The summed E-state index contributed by atoms with van der Waals surface area (Å²) in [5, 5.41) is 13.5. The Morgan fingerprint density at radius 1 is 1.56 bits per heavy atom. The van der Waals surface area contributed by atoms with Crippen molar-refractivity contribution in [3.05, 3.63) is 22.4 Å². The first-order valence-electron chi connectivity index (χ1n) is 5.67. The van der Waals surface area contributed by atoms with Crippen molar-refractivity contribution in [1.29, 1.82) is 0 Å². The topological polar surface area (TPSA) is 40.5 Å². The number of thiophene rings is 1. The molecular formula is C12H17NO2S. The number of rotatable bonds is 3. The van der Waals surface area contributed by atoms with Crippen LogP contribution in [-0.2, 0) is 10.2 Å². The summed E-state index contributed by atoms with van der Waals surface area (Å²) in [4.78, 5) is 13.9. The Hall–Kier alpha value is -0.870. The zero-order valence-corrected chi connectivity index (χ0v) is 10.3. The second-order valence-electron chi connectivity index (χ2n) is 4.33. The van der Waals surface area contributed by atoms with Crippen molar-refractivity contribution in [1.82, 2.24) is 4.90 Å². The Morgan fingerprint density at radius 3 is 2.69 bits per heavy atom. The number of hydrogen-bond donors (Lipinski definition) is 1. The Bertz CT molecular complexity index is 353. The van der Waals surface area contributed by atoms with E-state index < -0.39 is 11.4 Å². The van der Waals surface area contributed by atoms with Gasteiger partial charge in [0.15, 0.2) is 0 Å². The third-order valence-corrected chi connectivity index (χ3v) is 4.32. The van der Waals surface area contributed by atoms with Gasteiger partial charge in [0.2, 0.25) is 0 Å². The van der Waals surface area contributed by atoms with Crippen LogP contribution < -0.4 is 0 Å². The van der Waals surface area contributed by atoms with Gasteiger partial charge in [-0.25, -0.2) is 0 Å². The van der Waals surface area contributed by atoms with Gasteiger partial charge in [0.1, 0.15) is 0 Å². The fraction of sp³-hybridized carbons (Fsp3) is 0.583. The van der Waals surface area contributed by atoms with Gasteiger partial charge >= 0.3 is 5.97 Å². The summed E-state index contributed by atoms with van der Waals surface area (Å²) < 4.78 is 0. The van der Waals surface area contributed by atoms with Crippen LogP contribution >= 0.6 is 11.3 Å². The average Bonchev–Trinajstić information content (AvgIpc) is 2.82. The number of carbonyl (C=O) groups is 1. The monoisotopic (exact) mass is 239 g/mol. The van der Waals surface area contributed by atoms with E-state index in [-0.39, 0.29) is 0 Å². The summed E-state index contributed by atoms with van der Waals surface area (Å²) in [6, 6.07) is 1.96. The first kappa shape index (κ1) is 11.6. The second-order valence-corrected chi connectivity index (χ2v) is 5.11. The minimum atomic E-state index is -0.665. The molecule has 0 saturated carbocycles. The molecule has 1 aliphatic rings. The zero-order valence-electron chi connectivity index (χ0n) is 9.48. The first-order chi connectivity index (χ1) is 7.69. The summed E-state index contributed by atoms with van der Waals surface area (Å²) in [6.45, 7) is 4.91. The summed E-state index contributed by atoms with van der Waals surface area (Å²) in [5.41, 5.74) is 0.354. The standard InChI is InChI=1S/C12H17NO2S/c1-2-13-6-4-12(5-7-13,11(14)15)10-3-8-16-9-10/h3,8-9H,2,4-7H2,1H3,(H,14,15). The van der Waals surface area contributed by atoms with Gasteiger partial charge in [-0.3, -0.25) is 4.79 Å². The molecule has 0 unspecified atom stereocenters. The smallest absolute Gasteiger partial charge is 0.314 e. The molecule has 1 saturated heterocycles. The molecule has 1 aliphatic heterocycles. The van der Waals surface area contributed by atoms with Gasteiger partial charge in [-0.05, 0) is 54.9 Å². The molecular weight excluding hydrogens is 222 g/mol. The molecule has 88 valence electrons. The van der Waals surface area contributed by atoms with E-state index in [1.807, 2.05) is 16.8 Å². The molecule has 2 heterocycles. The van der Waals surface area contributed by atoms with Crippen LogP contribution in [0.5, 0.6) is 0 Å². The largest absolute Gasteiger partial charge is 0.481 e. The van der Waals surface area contributed by atoms with Crippen molar-refractivity contribution in [2.45, 2.75) is 25.2 Å². The molecule has 1 N–H and O–H groups in total. The van der Waals surface area contributed by atoms with Gasteiger partial charge in [0.05, 0.1) is 5.41 Å². The quantitative estimate of drug-likeness (QED) is 0.879. The minimum Gasteiger partial charge on any atom is -0.481 e. The lowest BCUT2D eigenvalue weighted by Crippen LogP contribution is -2.47. The first-order valence-corrected chi connectivity index (χ1v) is 6.62. The summed E-state index contributed by atoms with van der Waals surface area (Å²) in [5.74, 6) is -0.665. The van der Waals surface area contributed by atoms with Crippen molar-refractivity contribution in [2.24, 2.45) is 0 Å². The van der Waals surface area contributed by atoms with Crippen LogP contribution in [0, 0.1) is 0 Å². The van der Waals surface area contributed by atoms with E-state index >= 15 is 0 Å². The number of carboxylic acids is 1. The van der Waals surface area contributed by atoms with Gasteiger partial charge < -0.3 is 10.0 Å². The fourth-order valence-electron chi connectivity index (χ4n) is 2.41. The molecule has 0 aromatic carbocycles. The van der Waals surface area contributed by atoms with Crippen LogP contribution in [0.2, 0.25) is 0 Å². The summed E-state index contributed by atoms with van der Waals surface area (Å²) >= 11 is 1.58. The van der Waals surface area contributed by atoms with E-state index in [1.54, 1.807) is 11.3 Å². The van der Waals surface area contributed by atoms with Crippen LogP contribution in [0.4, 0.5) is 0 Å². The van der Waals surface area contributed by atoms with Crippen LogP contribution in [0.25, 0.3) is 0 Å². The van der Waals surface area contributed by atoms with Gasteiger partial charge in [-0.2, -0.15) is 11.3 Å². The van der Waals surface area contributed by atoms with Gasteiger partial charge in [-0.1, -0.05) is 6.92 Å². The van der Waals surface area contributed by atoms with E-state index in [0.717, 1.165) is 38.0 Å². The predicted molar refractivity (Wildman–Crippen MR) is 65.0 cm³/mol. The van der Waals surface area contributed by atoms with Crippen molar-refractivity contribution in [3.8, 4) is 0 Å². The zero-order chi connectivity index (χ0) is 11.6. The highest BCUT2D eigenvalue weighted by Crippen LogP contribution is 2.36. The van der Waals surface area contributed by atoms with Crippen LogP contribution in [0.15, 0.2) is 16.8 Å². The van der Waals surface area contributed by atoms with Crippen LogP contribution in [0.3, 0.4) is 0 Å². The normalized spacial score (nSPS) is 20.8. The van der Waals surface area contributed by atoms with Gasteiger partial charge in [0.25, 0.3) is 0 Å². The van der Waals surface area contributed by atoms with Crippen molar-refractivity contribution >= 4 is 17.3 Å². The molecule has 1 aromatic rings. The molecule has 2 rings (SSSR count). The molecule has 0 spiro atoms. The Balaban J connectivity index is 2.23. The highest BCUT2D eigenvalue weighted by molar-refractivity contribution is 7.08. The van der Waals surface area contributed by atoms with E-state index in [2.05, 4.69) is 11.8 Å². The maximum absolute atomic E-state index is 11.6. The minimum absolute atomic E-state index is 0.633. The molecule has 0 aliphatic carbocycles. The molecule has 0 radical (unpaired) electrons. The van der Waals surface area contributed by atoms with Gasteiger partial charge in [0, 0.05) is 0 Å². The third kappa shape index (κ3) is 1.87.